The van der Waals surface area contributed by atoms with Gasteiger partial charge in [-0.2, -0.15) is 15.2 Å². The fourth-order valence-electron chi connectivity index (χ4n) is 3.39. The van der Waals surface area contributed by atoms with Crippen molar-refractivity contribution >= 4 is 17.5 Å². The zero-order chi connectivity index (χ0) is 18.8. The second-order valence-corrected chi connectivity index (χ2v) is 6.39. The molecule has 0 atom stereocenters. The summed E-state index contributed by atoms with van der Waals surface area (Å²) in [6.07, 6.45) is 4.17. The topological polar surface area (TPSA) is 90.0 Å². The number of fused-ring (bicyclic) bond motifs is 1. The molecule has 3 aromatic heterocycles. The monoisotopic (exact) mass is 355 g/mol. The number of aryl methyl sites for hydroxylation is 4. The van der Waals surface area contributed by atoms with Gasteiger partial charge >= 0.3 is 0 Å². The van der Waals surface area contributed by atoms with E-state index in [1.165, 1.54) is 6.33 Å². The van der Waals surface area contributed by atoms with E-state index in [1.807, 2.05) is 20.9 Å². The van der Waals surface area contributed by atoms with Crippen LogP contribution in [0.3, 0.4) is 0 Å². The van der Waals surface area contributed by atoms with E-state index >= 15 is 0 Å². The van der Waals surface area contributed by atoms with Crippen molar-refractivity contribution in [1.82, 2.24) is 29.4 Å². The molecule has 1 amide bonds. The molecule has 3 heterocycles. The van der Waals surface area contributed by atoms with Gasteiger partial charge < -0.3 is 5.32 Å². The molecule has 8 heteroatoms. The largest absolute Gasteiger partial charge is 0.311 e. The Balaban J connectivity index is 1.75. The smallest absolute Gasteiger partial charge is 0.252 e. The van der Waals surface area contributed by atoms with E-state index in [0.29, 0.717) is 18.6 Å². The Hall–Kier alpha value is -2.77. The van der Waals surface area contributed by atoms with Gasteiger partial charge in [-0.3, -0.25) is 9.48 Å². The van der Waals surface area contributed by atoms with Gasteiger partial charge in [-0.1, -0.05) is 13.8 Å². The second-order valence-electron chi connectivity index (χ2n) is 6.39. The van der Waals surface area contributed by atoms with Gasteiger partial charge in [0.05, 0.1) is 5.69 Å². The average molecular weight is 355 g/mol. The van der Waals surface area contributed by atoms with Crippen LogP contribution in [0.4, 0.5) is 5.82 Å². The van der Waals surface area contributed by atoms with Crippen LogP contribution in [0, 0.1) is 13.8 Å². The molecule has 0 saturated heterocycles. The molecular weight excluding hydrogens is 330 g/mol. The molecule has 0 radical (unpaired) electrons. The van der Waals surface area contributed by atoms with Crippen LogP contribution in [-0.2, 0) is 31.1 Å². The number of anilines is 1. The van der Waals surface area contributed by atoms with Gasteiger partial charge in [0.25, 0.3) is 5.78 Å². The van der Waals surface area contributed by atoms with E-state index < -0.39 is 0 Å². The van der Waals surface area contributed by atoms with E-state index in [0.717, 1.165) is 46.9 Å². The van der Waals surface area contributed by atoms with Crippen LogP contribution in [0.15, 0.2) is 6.33 Å². The predicted molar refractivity (Wildman–Crippen MR) is 99.2 cm³/mol. The third-order valence-electron chi connectivity index (χ3n) is 4.77. The van der Waals surface area contributed by atoms with Gasteiger partial charge in [0, 0.05) is 30.4 Å². The Bertz CT molecular complexity index is 954. The molecule has 8 nitrogen and oxygen atoms in total. The minimum Gasteiger partial charge on any atom is -0.311 e. The minimum atomic E-state index is -0.0251. The van der Waals surface area contributed by atoms with Gasteiger partial charge in [0.15, 0.2) is 0 Å². The number of nitrogens with zero attached hydrogens (tertiary/aromatic N) is 6. The molecule has 0 aliphatic heterocycles. The van der Waals surface area contributed by atoms with Crippen LogP contribution in [0.2, 0.25) is 0 Å². The standard InChI is InChI=1S/C18H25N7O/c1-6-13-15(7-2)23-24(5)17(13)22-16(26)9-8-14-11(3)21-18-19-10-20-25(18)12(14)4/h10H,6-9H2,1-5H3,(H,22,26). The number of hydrogen-bond acceptors (Lipinski definition) is 5. The fourth-order valence-corrected chi connectivity index (χ4v) is 3.39. The first-order valence-electron chi connectivity index (χ1n) is 8.96. The van der Waals surface area contributed by atoms with Crippen molar-refractivity contribution in [2.75, 3.05) is 5.32 Å². The Kier molecular flexibility index (Phi) is 5.01. The molecule has 1 N–H and O–H groups in total. The van der Waals surface area contributed by atoms with Crippen LogP contribution >= 0.6 is 0 Å². The summed E-state index contributed by atoms with van der Waals surface area (Å²) in [6.45, 7) is 8.08. The zero-order valence-corrected chi connectivity index (χ0v) is 16.0. The summed E-state index contributed by atoms with van der Waals surface area (Å²) in [7, 11) is 1.87. The maximum Gasteiger partial charge on any atom is 0.252 e. The third-order valence-corrected chi connectivity index (χ3v) is 4.77. The number of carbonyl (C=O) groups is 1. The first kappa shape index (κ1) is 18.0. The lowest BCUT2D eigenvalue weighted by atomic mass is 10.1. The SMILES string of the molecule is CCc1nn(C)c(NC(=O)CCc2c(C)nc3ncnn3c2C)c1CC. The number of nitrogens with one attached hydrogen (secondary N) is 1. The van der Waals surface area contributed by atoms with E-state index in [2.05, 4.69) is 39.3 Å². The minimum absolute atomic E-state index is 0.0251. The number of aromatic nitrogens is 6. The second kappa shape index (κ2) is 7.23. The predicted octanol–water partition coefficient (Wildman–Crippen LogP) is 2.17. The molecule has 0 aliphatic carbocycles. The van der Waals surface area contributed by atoms with Crippen molar-refractivity contribution in [3.8, 4) is 0 Å². The average Bonchev–Trinajstić information content (AvgIpc) is 3.19. The first-order valence-corrected chi connectivity index (χ1v) is 8.96. The Morgan fingerprint density at radius 1 is 1.19 bits per heavy atom. The summed E-state index contributed by atoms with van der Waals surface area (Å²) >= 11 is 0. The molecule has 0 bridgehead atoms. The van der Waals surface area contributed by atoms with Gasteiger partial charge in [-0.25, -0.2) is 9.50 Å². The van der Waals surface area contributed by atoms with Crippen LogP contribution < -0.4 is 5.32 Å². The van der Waals surface area contributed by atoms with Crippen molar-refractivity contribution in [2.24, 2.45) is 7.05 Å². The van der Waals surface area contributed by atoms with Gasteiger partial charge in [0.2, 0.25) is 5.91 Å². The zero-order valence-electron chi connectivity index (χ0n) is 16.0. The molecule has 26 heavy (non-hydrogen) atoms. The molecule has 0 unspecified atom stereocenters. The van der Waals surface area contributed by atoms with Crippen molar-refractivity contribution < 1.29 is 4.79 Å². The van der Waals surface area contributed by atoms with Crippen LogP contribution in [-0.4, -0.2) is 35.3 Å². The van der Waals surface area contributed by atoms with E-state index in [4.69, 9.17) is 0 Å². The normalized spacial score (nSPS) is 11.3. The van der Waals surface area contributed by atoms with Crippen molar-refractivity contribution in [1.29, 1.82) is 0 Å². The molecule has 0 saturated carbocycles. The Labute approximate surface area is 152 Å². The van der Waals surface area contributed by atoms with E-state index in [-0.39, 0.29) is 5.91 Å². The lowest BCUT2D eigenvalue weighted by Crippen LogP contribution is -2.17. The van der Waals surface area contributed by atoms with E-state index in [9.17, 15) is 4.79 Å². The summed E-state index contributed by atoms with van der Waals surface area (Å²) in [5.41, 5.74) is 5.05. The highest BCUT2D eigenvalue weighted by atomic mass is 16.1. The Morgan fingerprint density at radius 2 is 1.96 bits per heavy atom. The maximum atomic E-state index is 12.5. The van der Waals surface area contributed by atoms with Crippen LogP contribution in [0.1, 0.15) is 48.5 Å². The quantitative estimate of drug-likeness (QED) is 0.732. The molecule has 0 spiro atoms. The number of carbonyl (C=O) groups excluding carboxylic acids is 1. The highest BCUT2D eigenvalue weighted by Gasteiger charge is 2.17. The third kappa shape index (κ3) is 3.18. The summed E-state index contributed by atoms with van der Waals surface area (Å²) in [4.78, 5) is 21.1. The van der Waals surface area contributed by atoms with Crippen molar-refractivity contribution in [3.63, 3.8) is 0 Å². The molecule has 3 rings (SSSR count). The Morgan fingerprint density at radius 3 is 2.65 bits per heavy atom. The lowest BCUT2D eigenvalue weighted by Gasteiger charge is -2.11. The van der Waals surface area contributed by atoms with Crippen LogP contribution in [0.5, 0.6) is 0 Å². The summed E-state index contributed by atoms with van der Waals surface area (Å²) in [5.74, 6) is 1.36. The highest BCUT2D eigenvalue weighted by Crippen LogP contribution is 2.21. The fraction of sp³-hybridized carbons (Fsp3) is 0.500. The van der Waals surface area contributed by atoms with Gasteiger partial charge in [0.1, 0.15) is 12.1 Å². The van der Waals surface area contributed by atoms with Crippen molar-refractivity contribution in [3.05, 3.63) is 34.5 Å². The van der Waals surface area contributed by atoms with Crippen molar-refractivity contribution in [2.45, 2.75) is 53.4 Å². The maximum absolute atomic E-state index is 12.5. The first-order chi connectivity index (χ1) is 12.5. The molecular formula is C18H25N7O. The van der Waals surface area contributed by atoms with E-state index in [1.54, 1.807) is 9.20 Å². The summed E-state index contributed by atoms with van der Waals surface area (Å²) in [6, 6.07) is 0. The van der Waals surface area contributed by atoms with Gasteiger partial charge in [-0.15, -0.1) is 0 Å². The molecule has 138 valence electrons. The lowest BCUT2D eigenvalue weighted by molar-refractivity contribution is -0.116. The summed E-state index contributed by atoms with van der Waals surface area (Å²) < 4.78 is 3.47. The molecule has 0 fully saturated rings. The summed E-state index contributed by atoms with van der Waals surface area (Å²) in [5, 5.41) is 11.7. The number of hydrogen-bond donors (Lipinski definition) is 1. The van der Waals surface area contributed by atoms with Crippen LogP contribution in [0.25, 0.3) is 5.78 Å². The molecule has 0 aliphatic rings. The van der Waals surface area contributed by atoms with Gasteiger partial charge in [-0.05, 0) is 38.7 Å². The number of amides is 1. The number of rotatable bonds is 6. The molecule has 0 aromatic carbocycles. The highest BCUT2D eigenvalue weighted by molar-refractivity contribution is 5.90. The molecule has 3 aromatic rings.